The van der Waals surface area contributed by atoms with Crippen LogP contribution in [0.15, 0.2) is 60.9 Å². The molecule has 0 N–H and O–H groups in total. The van der Waals surface area contributed by atoms with E-state index in [2.05, 4.69) is 14.9 Å². The molecule has 0 saturated carbocycles. The molecule has 8 heteroatoms. The lowest BCUT2D eigenvalue weighted by Gasteiger charge is -2.40. The number of nitrogens with zero attached hydrogens (tertiary/aromatic N) is 4. The highest BCUT2D eigenvalue weighted by molar-refractivity contribution is 5.95. The maximum Gasteiger partial charge on any atom is 0.254 e. The van der Waals surface area contributed by atoms with Gasteiger partial charge in [0.15, 0.2) is 11.5 Å². The van der Waals surface area contributed by atoms with Crippen molar-refractivity contribution in [3.05, 3.63) is 66.5 Å². The minimum absolute atomic E-state index is 0.000988. The third kappa shape index (κ3) is 4.59. The zero-order chi connectivity index (χ0) is 22.5. The average molecular weight is 434 g/mol. The molecule has 1 amide bonds. The SMILES string of the molecule is COc1cccc(C(=O)N2CCN(c3cc(Oc4ccccc4OC)ncn3)C[C@@H]2C)c1. The Labute approximate surface area is 187 Å². The van der Waals surface area contributed by atoms with Gasteiger partial charge in [-0.1, -0.05) is 18.2 Å². The van der Waals surface area contributed by atoms with E-state index >= 15 is 0 Å². The predicted molar refractivity (Wildman–Crippen MR) is 121 cm³/mol. The van der Waals surface area contributed by atoms with Gasteiger partial charge >= 0.3 is 0 Å². The second kappa shape index (κ2) is 9.55. The number of anilines is 1. The molecule has 32 heavy (non-hydrogen) atoms. The van der Waals surface area contributed by atoms with E-state index in [9.17, 15) is 4.79 Å². The van der Waals surface area contributed by atoms with Crippen LogP contribution >= 0.6 is 0 Å². The van der Waals surface area contributed by atoms with E-state index in [1.54, 1.807) is 26.4 Å². The van der Waals surface area contributed by atoms with Crippen molar-refractivity contribution in [3.63, 3.8) is 0 Å². The highest BCUT2D eigenvalue weighted by Crippen LogP contribution is 2.31. The monoisotopic (exact) mass is 434 g/mol. The number of carbonyl (C=O) groups is 1. The standard InChI is InChI=1S/C24H26N4O4/c1-17-15-27(11-12-28(17)24(29)18-7-6-8-19(13-18)30-2)22-14-23(26-16-25-22)32-21-10-5-4-9-20(21)31-3/h4-10,13-14,16-17H,11-12,15H2,1-3H3/t17-/m0/s1. The molecule has 0 radical (unpaired) electrons. The first-order valence-corrected chi connectivity index (χ1v) is 10.4. The van der Waals surface area contributed by atoms with Crippen molar-refractivity contribution in [1.29, 1.82) is 0 Å². The highest BCUT2D eigenvalue weighted by atomic mass is 16.5. The van der Waals surface area contributed by atoms with Crippen LogP contribution in [-0.2, 0) is 0 Å². The van der Waals surface area contributed by atoms with Crippen molar-refractivity contribution in [2.75, 3.05) is 38.8 Å². The van der Waals surface area contributed by atoms with Gasteiger partial charge in [-0.25, -0.2) is 9.97 Å². The molecule has 8 nitrogen and oxygen atoms in total. The Morgan fingerprint density at radius 2 is 1.78 bits per heavy atom. The van der Waals surface area contributed by atoms with Crippen molar-refractivity contribution < 1.29 is 19.0 Å². The van der Waals surface area contributed by atoms with E-state index in [-0.39, 0.29) is 11.9 Å². The van der Waals surface area contributed by atoms with Crippen LogP contribution in [0.5, 0.6) is 23.1 Å². The fraction of sp³-hybridized carbons (Fsp3) is 0.292. The Morgan fingerprint density at radius 1 is 0.969 bits per heavy atom. The Bertz CT molecular complexity index is 1090. The lowest BCUT2D eigenvalue weighted by atomic mass is 10.1. The minimum Gasteiger partial charge on any atom is -0.497 e. The summed E-state index contributed by atoms with van der Waals surface area (Å²) in [4.78, 5) is 25.7. The van der Waals surface area contributed by atoms with Crippen molar-refractivity contribution >= 4 is 11.7 Å². The minimum atomic E-state index is -0.000988. The van der Waals surface area contributed by atoms with E-state index in [0.29, 0.717) is 48.3 Å². The molecule has 2 aromatic carbocycles. The fourth-order valence-corrected chi connectivity index (χ4v) is 3.76. The molecular weight excluding hydrogens is 408 g/mol. The zero-order valence-corrected chi connectivity index (χ0v) is 18.4. The number of methoxy groups -OCH3 is 2. The van der Waals surface area contributed by atoms with Crippen LogP contribution in [0.2, 0.25) is 0 Å². The largest absolute Gasteiger partial charge is 0.497 e. The first-order chi connectivity index (χ1) is 15.6. The second-order valence-electron chi connectivity index (χ2n) is 7.49. The van der Waals surface area contributed by atoms with E-state index in [0.717, 1.165) is 5.82 Å². The van der Waals surface area contributed by atoms with Crippen LogP contribution < -0.4 is 19.1 Å². The molecule has 2 heterocycles. The number of ether oxygens (including phenoxy) is 3. The number of rotatable bonds is 6. The van der Waals surface area contributed by atoms with Crippen molar-refractivity contribution in [2.24, 2.45) is 0 Å². The first kappa shape index (κ1) is 21.4. The summed E-state index contributed by atoms with van der Waals surface area (Å²) >= 11 is 0. The molecule has 1 atom stereocenters. The third-order valence-electron chi connectivity index (χ3n) is 5.44. The van der Waals surface area contributed by atoms with Crippen LogP contribution in [0.3, 0.4) is 0 Å². The van der Waals surface area contributed by atoms with Crippen LogP contribution in [0, 0.1) is 0 Å². The van der Waals surface area contributed by atoms with Gasteiger partial charge in [-0.3, -0.25) is 4.79 Å². The Morgan fingerprint density at radius 3 is 2.53 bits per heavy atom. The number of hydrogen-bond donors (Lipinski definition) is 0. The quantitative estimate of drug-likeness (QED) is 0.586. The normalized spacial score (nSPS) is 15.9. The molecule has 1 aromatic heterocycles. The molecule has 0 aliphatic carbocycles. The van der Waals surface area contributed by atoms with Gasteiger partial charge in [-0.05, 0) is 37.3 Å². The van der Waals surface area contributed by atoms with Gasteiger partial charge in [0.25, 0.3) is 5.91 Å². The number of para-hydroxylation sites is 2. The summed E-state index contributed by atoms with van der Waals surface area (Å²) in [5.74, 6) is 3.07. The maximum atomic E-state index is 13.0. The van der Waals surface area contributed by atoms with Crippen molar-refractivity contribution in [1.82, 2.24) is 14.9 Å². The summed E-state index contributed by atoms with van der Waals surface area (Å²) < 4.78 is 16.5. The molecule has 1 fully saturated rings. The lowest BCUT2D eigenvalue weighted by molar-refractivity contribution is 0.0673. The lowest BCUT2D eigenvalue weighted by Crippen LogP contribution is -2.54. The van der Waals surface area contributed by atoms with Crippen LogP contribution in [-0.4, -0.2) is 60.7 Å². The molecule has 1 saturated heterocycles. The molecule has 0 spiro atoms. The fourth-order valence-electron chi connectivity index (χ4n) is 3.76. The van der Waals surface area contributed by atoms with Gasteiger partial charge < -0.3 is 24.0 Å². The summed E-state index contributed by atoms with van der Waals surface area (Å²) in [6, 6.07) is 16.5. The average Bonchev–Trinajstić information content (AvgIpc) is 2.84. The molecule has 3 aromatic rings. The summed E-state index contributed by atoms with van der Waals surface area (Å²) in [6.45, 7) is 3.94. The third-order valence-corrected chi connectivity index (χ3v) is 5.44. The smallest absolute Gasteiger partial charge is 0.254 e. The van der Waals surface area contributed by atoms with E-state index in [1.165, 1.54) is 6.33 Å². The Balaban J connectivity index is 1.45. The highest BCUT2D eigenvalue weighted by Gasteiger charge is 2.29. The molecule has 4 rings (SSSR count). The number of carbonyl (C=O) groups excluding carboxylic acids is 1. The summed E-state index contributed by atoms with van der Waals surface area (Å²) in [5, 5.41) is 0. The number of piperazine rings is 1. The molecule has 166 valence electrons. The number of aromatic nitrogens is 2. The summed E-state index contributed by atoms with van der Waals surface area (Å²) in [5.41, 5.74) is 0.624. The maximum absolute atomic E-state index is 13.0. The van der Waals surface area contributed by atoms with Crippen LogP contribution in [0.4, 0.5) is 5.82 Å². The van der Waals surface area contributed by atoms with Gasteiger partial charge in [-0.2, -0.15) is 0 Å². The Kier molecular flexibility index (Phi) is 6.39. The van der Waals surface area contributed by atoms with E-state index < -0.39 is 0 Å². The molecule has 1 aliphatic heterocycles. The first-order valence-electron chi connectivity index (χ1n) is 10.4. The number of hydrogen-bond acceptors (Lipinski definition) is 7. The topological polar surface area (TPSA) is 77.0 Å². The van der Waals surface area contributed by atoms with E-state index in [1.807, 2.05) is 54.3 Å². The zero-order valence-electron chi connectivity index (χ0n) is 18.4. The van der Waals surface area contributed by atoms with Gasteiger partial charge in [0.1, 0.15) is 17.9 Å². The summed E-state index contributed by atoms with van der Waals surface area (Å²) in [7, 11) is 3.19. The second-order valence-corrected chi connectivity index (χ2v) is 7.49. The van der Waals surface area contributed by atoms with Crippen molar-refractivity contribution in [3.8, 4) is 23.1 Å². The van der Waals surface area contributed by atoms with Gasteiger partial charge in [-0.15, -0.1) is 0 Å². The molecule has 0 unspecified atom stereocenters. The van der Waals surface area contributed by atoms with E-state index in [4.69, 9.17) is 14.2 Å². The predicted octanol–water partition coefficient (Wildman–Crippen LogP) is 3.64. The van der Waals surface area contributed by atoms with Gasteiger partial charge in [0, 0.05) is 37.3 Å². The Hall–Kier alpha value is -3.81. The number of amides is 1. The van der Waals surface area contributed by atoms with Crippen LogP contribution in [0.1, 0.15) is 17.3 Å². The molecule has 0 bridgehead atoms. The molecule has 1 aliphatic rings. The van der Waals surface area contributed by atoms with Crippen molar-refractivity contribution in [2.45, 2.75) is 13.0 Å². The van der Waals surface area contributed by atoms with Gasteiger partial charge in [0.2, 0.25) is 5.88 Å². The number of benzene rings is 2. The van der Waals surface area contributed by atoms with Gasteiger partial charge in [0.05, 0.1) is 14.2 Å². The van der Waals surface area contributed by atoms with Crippen LogP contribution in [0.25, 0.3) is 0 Å². The summed E-state index contributed by atoms with van der Waals surface area (Å²) in [6.07, 6.45) is 1.48. The molecular formula is C24H26N4O4.